The minimum Gasteiger partial charge on any atom is -0.483 e. The number of nitrogens with one attached hydrogen (secondary N) is 1. The first-order chi connectivity index (χ1) is 16.8. The summed E-state index contributed by atoms with van der Waals surface area (Å²) in [6.45, 7) is 10.0. The lowest BCUT2D eigenvalue weighted by atomic mass is 10.0. The monoisotopic (exact) mass is 472 g/mol. The zero-order valence-corrected chi connectivity index (χ0v) is 21.4. The molecule has 0 aliphatic carbocycles. The van der Waals surface area contributed by atoms with Gasteiger partial charge in [0.2, 0.25) is 5.91 Å². The molecule has 1 atom stereocenters. The van der Waals surface area contributed by atoms with Crippen molar-refractivity contribution in [2.24, 2.45) is 0 Å². The van der Waals surface area contributed by atoms with Gasteiger partial charge in [0.1, 0.15) is 11.8 Å². The highest BCUT2D eigenvalue weighted by Crippen LogP contribution is 2.22. The minimum atomic E-state index is -0.672. The van der Waals surface area contributed by atoms with Gasteiger partial charge in [-0.15, -0.1) is 0 Å². The van der Waals surface area contributed by atoms with Crippen molar-refractivity contribution < 1.29 is 14.3 Å². The fraction of sp³-hybridized carbons (Fsp3) is 0.333. The number of hydrogen-bond acceptors (Lipinski definition) is 3. The first-order valence-corrected chi connectivity index (χ1v) is 12.1. The van der Waals surface area contributed by atoms with Gasteiger partial charge in [0, 0.05) is 19.0 Å². The van der Waals surface area contributed by atoms with E-state index in [4.69, 9.17) is 4.74 Å². The van der Waals surface area contributed by atoms with E-state index in [0.29, 0.717) is 18.7 Å². The summed E-state index contributed by atoms with van der Waals surface area (Å²) in [5.41, 5.74) is 5.18. The number of carbonyl (C=O) groups is 2. The summed E-state index contributed by atoms with van der Waals surface area (Å²) in [4.78, 5) is 28.7. The first kappa shape index (κ1) is 26.0. The summed E-state index contributed by atoms with van der Waals surface area (Å²) < 4.78 is 5.97. The summed E-state index contributed by atoms with van der Waals surface area (Å²) in [5.74, 6) is 0.284. The standard InChI is InChI=1S/C30H36N2O3/c1-21(2)31-30(34)27(18-25-14-7-6-8-15-25)32(19-26-16-10-9-12-23(26)4)29(33)20-35-28-17-11-13-22(3)24(28)5/h6-17,21,27H,18-20H2,1-5H3,(H,31,34). The number of amides is 2. The molecule has 0 saturated carbocycles. The van der Waals surface area contributed by atoms with Gasteiger partial charge in [-0.2, -0.15) is 0 Å². The lowest BCUT2D eigenvalue weighted by Gasteiger charge is -2.32. The zero-order chi connectivity index (χ0) is 25.4. The molecule has 5 nitrogen and oxygen atoms in total. The third-order valence-electron chi connectivity index (χ3n) is 6.21. The highest BCUT2D eigenvalue weighted by atomic mass is 16.5. The third-order valence-corrected chi connectivity index (χ3v) is 6.21. The maximum Gasteiger partial charge on any atom is 0.261 e. The molecule has 1 N–H and O–H groups in total. The zero-order valence-electron chi connectivity index (χ0n) is 21.4. The van der Waals surface area contributed by atoms with Crippen LogP contribution in [0, 0.1) is 20.8 Å². The Balaban J connectivity index is 1.94. The molecule has 2 amide bonds. The Bertz CT molecular complexity index is 1140. The van der Waals surface area contributed by atoms with Gasteiger partial charge in [0.05, 0.1) is 0 Å². The number of benzene rings is 3. The molecule has 5 heteroatoms. The van der Waals surface area contributed by atoms with Crippen molar-refractivity contribution in [3.05, 3.63) is 101 Å². The number of hydrogen-bond donors (Lipinski definition) is 1. The van der Waals surface area contributed by atoms with E-state index in [1.54, 1.807) is 4.90 Å². The second kappa shape index (κ2) is 12.2. The van der Waals surface area contributed by atoms with E-state index in [9.17, 15) is 9.59 Å². The Labute approximate surface area is 209 Å². The van der Waals surface area contributed by atoms with E-state index in [-0.39, 0.29) is 24.5 Å². The number of nitrogens with zero attached hydrogens (tertiary/aromatic N) is 1. The van der Waals surface area contributed by atoms with Gasteiger partial charge in [0.15, 0.2) is 6.61 Å². The van der Waals surface area contributed by atoms with E-state index in [1.165, 1.54) is 0 Å². The molecular weight excluding hydrogens is 436 g/mol. The van der Waals surface area contributed by atoms with Gasteiger partial charge >= 0.3 is 0 Å². The molecule has 0 aliphatic heterocycles. The topological polar surface area (TPSA) is 58.6 Å². The Morgan fingerprint density at radius 3 is 2.20 bits per heavy atom. The number of ether oxygens (including phenoxy) is 1. The Hall–Kier alpha value is -3.60. The summed E-state index contributed by atoms with van der Waals surface area (Å²) in [7, 11) is 0. The van der Waals surface area contributed by atoms with E-state index >= 15 is 0 Å². The Morgan fingerprint density at radius 1 is 0.857 bits per heavy atom. The van der Waals surface area contributed by atoms with Gasteiger partial charge in [-0.25, -0.2) is 0 Å². The second-order valence-electron chi connectivity index (χ2n) is 9.30. The molecule has 0 fully saturated rings. The van der Waals surface area contributed by atoms with Crippen molar-refractivity contribution in [1.82, 2.24) is 10.2 Å². The van der Waals surface area contributed by atoms with Crippen molar-refractivity contribution in [2.45, 2.75) is 59.7 Å². The van der Waals surface area contributed by atoms with Crippen molar-refractivity contribution in [2.75, 3.05) is 6.61 Å². The molecule has 0 spiro atoms. The normalized spacial score (nSPS) is 11.7. The lowest BCUT2D eigenvalue weighted by Crippen LogP contribution is -2.53. The molecule has 35 heavy (non-hydrogen) atoms. The van der Waals surface area contributed by atoms with Gasteiger partial charge in [0.25, 0.3) is 5.91 Å². The third kappa shape index (κ3) is 7.19. The first-order valence-electron chi connectivity index (χ1n) is 12.1. The molecule has 0 radical (unpaired) electrons. The summed E-state index contributed by atoms with van der Waals surface area (Å²) >= 11 is 0. The van der Waals surface area contributed by atoms with Crippen LogP contribution in [0.2, 0.25) is 0 Å². The minimum absolute atomic E-state index is 0.0395. The largest absolute Gasteiger partial charge is 0.483 e. The molecule has 0 aliphatic rings. The molecular formula is C30H36N2O3. The van der Waals surface area contributed by atoms with E-state index in [2.05, 4.69) is 5.32 Å². The van der Waals surface area contributed by atoms with Crippen molar-refractivity contribution in [3.8, 4) is 5.75 Å². The van der Waals surface area contributed by atoms with Crippen LogP contribution in [-0.2, 0) is 22.6 Å². The molecule has 0 bridgehead atoms. The van der Waals surface area contributed by atoms with E-state index in [0.717, 1.165) is 27.8 Å². The second-order valence-corrected chi connectivity index (χ2v) is 9.30. The van der Waals surface area contributed by atoms with Gasteiger partial charge < -0.3 is 15.0 Å². The molecule has 3 aromatic rings. The summed E-state index contributed by atoms with van der Waals surface area (Å²) in [6, 6.07) is 22.9. The van der Waals surface area contributed by atoms with Crippen LogP contribution in [0.25, 0.3) is 0 Å². The predicted molar refractivity (Wildman–Crippen MR) is 140 cm³/mol. The van der Waals surface area contributed by atoms with Crippen LogP contribution >= 0.6 is 0 Å². The average molecular weight is 473 g/mol. The van der Waals surface area contributed by atoms with Crippen LogP contribution in [0.15, 0.2) is 72.8 Å². The predicted octanol–water partition coefficient (Wildman–Crippen LogP) is 5.16. The highest BCUT2D eigenvalue weighted by Gasteiger charge is 2.31. The average Bonchev–Trinajstić information content (AvgIpc) is 2.83. The van der Waals surface area contributed by atoms with Crippen LogP contribution in [0.3, 0.4) is 0 Å². The fourth-order valence-corrected chi connectivity index (χ4v) is 4.01. The fourth-order valence-electron chi connectivity index (χ4n) is 4.01. The maximum atomic E-state index is 13.7. The maximum absolute atomic E-state index is 13.7. The van der Waals surface area contributed by atoms with Crippen molar-refractivity contribution in [1.29, 1.82) is 0 Å². The smallest absolute Gasteiger partial charge is 0.261 e. The molecule has 184 valence electrons. The summed E-state index contributed by atoms with van der Waals surface area (Å²) in [6.07, 6.45) is 0.417. The lowest BCUT2D eigenvalue weighted by molar-refractivity contribution is -0.143. The number of carbonyl (C=O) groups excluding carboxylic acids is 2. The molecule has 0 saturated heterocycles. The SMILES string of the molecule is Cc1ccccc1CN(C(=O)COc1cccc(C)c1C)C(Cc1ccccc1)C(=O)NC(C)C. The van der Waals surface area contributed by atoms with Crippen molar-refractivity contribution in [3.63, 3.8) is 0 Å². The molecule has 3 aromatic carbocycles. The summed E-state index contributed by atoms with van der Waals surface area (Å²) in [5, 5.41) is 3.02. The Kier molecular flexibility index (Phi) is 9.07. The van der Waals surface area contributed by atoms with Crippen LogP contribution in [0.4, 0.5) is 0 Å². The van der Waals surface area contributed by atoms with Crippen LogP contribution in [0.1, 0.15) is 41.7 Å². The Morgan fingerprint density at radius 2 is 1.51 bits per heavy atom. The van der Waals surface area contributed by atoms with Crippen molar-refractivity contribution >= 4 is 11.8 Å². The molecule has 0 heterocycles. The van der Waals surface area contributed by atoms with Gasteiger partial charge in [-0.1, -0.05) is 66.7 Å². The van der Waals surface area contributed by atoms with E-state index < -0.39 is 6.04 Å². The van der Waals surface area contributed by atoms with Gasteiger partial charge in [-0.3, -0.25) is 9.59 Å². The van der Waals surface area contributed by atoms with Gasteiger partial charge in [-0.05, 0) is 68.5 Å². The number of aryl methyl sites for hydroxylation is 2. The quantitative estimate of drug-likeness (QED) is 0.444. The highest BCUT2D eigenvalue weighted by molar-refractivity contribution is 5.88. The van der Waals surface area contributed by atoms with Crippen LogP contribution in [0.5, 0.6) is 5.75 Å². The molecule has 1 unspecified atom stereocenters. The van der Waals surface area contributed by atoms with E-state index in [1.807, 2.05) is 107 Å². The van der Waals surface area contributed by atoms with Crippen LogP contribution < -0.4 is 10.1 Å². The van der Waals surface area contributed by atoms with Crippen LogP contribution in [-0.4, -0.2) is 35.4 Å². The molecule has 0 aromatic heterocycles. The molecule has 3 rings (SSSR count). The number of rotatable bonds is 10.